The molecule has 0 atom stereocenters. The molecular weight excluding hydrogens is 288 g/mol. The van der Waals surface area contributed by atoms with Gasteiger partial charge < -0.3 is 5.32 Å². The molecule has 9 heteroatoms. The number of anilines is 1. The van der Waals surface area contributed by atoms with Gasteiger partial charge in [0.1, 0.15) is 5.82 Å². The molecule has 0 aromatic heterocycles. The van der Waals surface area contributed by atoms with Crippen molar-refractivity contribution in [3.63, 3.8) is 0 Å². The van der Waals surface area contributed by atoms with Crippen molar-refractivity contribution in [2.75, 3.05) is 5.32 Å². The smallest absolute Gasteiger partial charge is 0.320 e. The van der Waals surface area contributed by atoms with Gasteiger partial charge in [0, 0.05) is 10.7 Å². The summed E-state index contributed by atoms with van der Waals surface area (Å²) in [4.78, 5) is 10.8. The first kappa shape index (κ1) is 14.6. The van der Waals surface area contributed by atoms with Crippen LogP contribution in [0.15, 0.2) is 18.2 Å². The molecule has 18 heavy (non-hydrogen) atoms. The van der Waals surface area contributed by atoms with Crippen LogP contribution in [0.5, 0.6) is 0 Å². The molecule has 0 aliphatic rings. The van der Waals surface area contributed by atoms with E-state index >= 15 is 0 Å². The molecule has 1 amide bonds. The van der Waals surface area contributed by atoms with Gasteiger partial charge in [0.2, 0.25) is 0 Å². The van der Waals surface area contributed by atoms with Gasteiger partial charge >= 0.3 is 18.0 Å². The topological polar surface area (TPSA) is 29.1 Å². The molecule has 100 valence electrons. The van der Waals surface area contributed by atoms with E-state index in [1.807, 2.05) is 0 Å². The average molecular weight is 292 g/mol. The summed E-state index contributed by atoms with van der Waals surface area (Å²) >= 11 is 5.34. The Morgan fingerprint density at radius 3 is 2.11 bits per heavy atom. The van der Waals surface area contributed by atoms with Crippen molar-refractivity contribution in [2.24, 2.45) is 0 Å². The Kier molecular flexibility index (Phi) is 3.80. The van der Waals surface area contributed by atoms with E-state index in [2.05, 4.69) is 0 Å². The van der Waals surface area contributed by atoms with Gasteiger partial charge in [0.25, 0.3) is 0 Å². The van der Waals surface area contributed by atoms with Crippen LogP contribution in [0.4, 0.5) is 32.0 Å². The van der Waals surface area contributed by atoms with Crippen LogP contribution in [-0.2, 0) is 4.79 Å². The highest BCUT2D eigenvalue weighted by Gasteiger charge is 2.63. The summed E-state index contributed by atoms with van der Waals surface area (Å²) in [5.41, 5.74) is -0.603. The van der Waals surface area contributed by atoms with Gasteiger partial charge in [0.15, 0.2) is 0 Å². The SMILES string of the molecule is O=C(Nc1cc(F)cc(Cl)c1)C(F)(F)C(F)(F)F. The highest BCUT2D eigenvalue weighted by Crippen LogP contribution is 2.36. The molecule has 0 saturated carbocycles. The third kappa shape index (κ3) is 3.06. The zero-order chi connectivity index (χ0) is 14.1. The lowest BCUT2D eigenvalue weighted by molar-refractivity contribution is -0.267. The second-order valence-corrected chi connectivity index (χ2v) is 3.62. The fourth-order valence-corrected chi connectivity index (χ4v) is 1.19. The summed E-state index contributed by atoms with van der Waals surface area (Å²) in [6, 6.07) is 2.17. The van der Waals surface area contributed by atoms with Crippen molar-refractivity contribution in [3.8, 4) is 0 Å². The lowest BCUT2D eigenvalue weighted by atomic mass is 10.2. The molecule has 0 radical (unpaired) electrons. The van der Waals surface area contributed by atoms with E-state index in [-0.39, 0.29) is 5.02 Å². The zero-order valence-electron chi connectivity index (χ0n) is 8.29. The number of hydrogen-bond acceptors (Lipinski definition) is 1. The number of nitrogens with one attached hydrogen (secondary N) is 1. The number of carbonyl (C=O) groups excluding carboxylic acids is 1. The molecule has 1 N–H and O–H groups in total. The van der Waals surface area contributed by atoms with E-state index in [1.54, 1.807) is 0 Å². The molecule has 0 aliphatic carbocycles. The van der Waals surface area contributed by atoms with Gasteiger partial charge in [-0.1, -0.05) is 11.6 Å². The fraction of sp³-hybridized carbons (Fsp3) is 0.222. The summed E-state index contributed by atoms with van der Waals surface area (Å²) < 4.78 is 73.4. The van der Waals surface area contributed by atoms with E-state index in [1.165, 1.54) is 5.32 Å². The highest BCUT2D eigenvalue weighted by molar-refractivity contribution is 6.30. The van der Waals surface area contributed by atoms with Crippen molar-refractivity contribution in [1.82, 2.24) is 0 Å². The molecule has 1 aromatic carbocycles. The first-order valence-corrected chi connectivity index (χ1v) is 4.64. The van der Waals surface area contributed by atoms with Crippen LogP contribution < -0.4 is 5.32 Å². The van der Waals surface area contributed by atoms with Crippen LogP contribution in [0.3, 0.4) is 0 Å². The van der Waals surface area contributed by atoms with E-state index in [4.69, 9.17) is 11.6 Å². The molecule has 0 saturated heterocycles. The summed E-state index contributed by atoms with van der Waals surface area (Å²) in [6.07, 6.45) is -6.03. The Balaban J connectivity index is 2.95. The quantitative estimate of drug-likeness (QED) is 0.829. The number of rotatable bonds is 2. The minimum absolute atomic E-state index is 0.263. The van der Waals surface area contributed by atoms with E-state index < -0.39 is 29.5 Å². The monoisotopic (exact) mass is 291 g/mol. The Morgan fingerprint density at radius 2 is 1.67 bits per heavy atom. The first-order chi connectivity index (χ1) is 8.04. The zero-order valence-corrected chi connectivity index (χ0v) is 9.04. The van der Waals surface area contributed by atoms with Crippen LogP contribution >= 0.6 is 11.6 Å². The Labute approximate surface area is 102 Å². The largest absolute Gasteiger partial charge is 0.463 e. The molecule has 2 nitrogen and oxygen atoms in total. The summed E-state index contributed by atoms with van der Waals surface area (Å²) in [6.45, 7) is 0. The molecule has 1 aromatic rings. The second-order valence-electron chi connectivity index (χ2n) is 3.18. The van der Waals surface area contributed by atoms with Crippen molar-refractivity contribution >= 4 is 23.2 Å². The number of benzene rings is 1. The van der Waals surface area contributed by atoms with Crippen LogP contribution in [0.25, 0.3) is 0 Å². The molecule has 0 unspecified atom stereocenters. The normalized spacial score (nSPS) is 12.4. The molecule has 0 heterocycles. The molecular formula is C9H4ClF6NO. The van der Waals surface area contributed by atoms with E-state index in [0.29, 0.717) is 6.07 Å². The van der Waals surface area contributed by atoms with Gasteiger partial charge in [-0.25, -0.2) is 4.39 Å². The maximum atomic E-state index is 12.8. The number of hydrogen-bond donors (Lipinski definition) is 1. The van der Waals surface area contributed by atoms with Crippen molar-refractivity contribution in [2.45, 2.75) is 12.1 Å². The van der Waals surface area contributed by atoms with Crippen LogP contribution in [0, 0.1) is 5.82 Å². The Bertz CT molecular complexity index is 452. The lowest BCUT2D eigenvalue weighted by Crippen LogP contribution is -2.47. The van der Waals surface area contributed by atoms with Gasteiger partial charge in [-0.05, 0) is 18.2 Å². The molecule has 0 fully saturated rings. The van der Waals surface area contributed by atoms with Gasteiger partial charge in [0.05, 0.1) is 0 Å². The third-order valence-corrected chi connectivity index (χ3v) is 1.98. The van der Waals surface area contributed by atoms with Gasteiger partial charge in [-0.2, -0.15) is 22.0 Å². The maximum absolute atomic E-state index is 12.8. The molecule has 1 rings (SSSR count). The third-order valence-electron chi connectivity index (χ3n) is 1.76. The molecule has 0 aliphatic heterocycles. The first-order valence-electron chi connectivity index (χ1n) is 4.26. The summed E-state index contributed by atoms with van der Waals surface area (Å²) in [7, 11) is 0. The van der Waals surface area contributed by atoms with Crippen LogP contribution in [-0.4, -0.2) is 18.0 Å². The molecule has 0 bridgehead atoms. The molecule has 0 spiro atoms. The van der Waals surface area contributed by atoms with Gasteiger partial charge in [-0.15, -0.1) is 0 Å². The number of alkyl halides is 5. The lowest BCUT2D eigenvalue weighted by Gasteiger charge is -2.18. The van der Waals surface area contributed by atoms with E-state index in [0.717, 1.165) is 12.1 Å². The van der Waals surface area contributed by atoms with Crippen molar-refractivity contribution in [3.05, 3.63) is 29.0 Å². The minimum Gasteiger partial charge on any atom is -0.320 e. The second kappa shape index (κ2) is 4.68. The summed E-state index contributed by atoms with van der Waals surface area (Å²) in [5.74, 6) is -9.18. The van der Waals surface area contributed by atoms with Crippen LogP contribution in [0.2, 0.25) is 5.02 Å². The predicted molar refractivity (Wildman–Crippen MR) is 51.0 cm³/mol. The maximum Gasteiger partial charge on any atom is 0.463 e. The highest BCUT2D eigenvalue weighted by atomic mass is 35.5. The van der Waals surface area contributed by atoms with Crippen LogP contribution in [0.1, 0.15) is 0 Å². The standard InChI is InChI=1S/C9H4ClF6NO/c10-4-1-5(11)3-6(2-4)17-7(18)8(12,13)9(14,15)16/h1-3H,(H,17,18). The van der Waals surface area contributed by atoms with Crippen molar-refractivity contribution in [1.29, 1.82) is 0 Å². The Hall–Kier alpha value is -1.44. The average Bonchev–Trinajstić information content (AvgIpc) is 2.13. The number of amides is 1. The minimum atomic E-state index is -6.03. The number of carbonyl (C=O) groups is 1. The Morgan fingerprint density at radius 1 is 1.11 bits per heavy atom. The van der Waals surface area contributed by atoms with Crippen molar-refractivity contribution < 1.29 is 31.1 Å². The summed E-state index contributed by atoms with van der Waals surface area (Å²) in [5, 5.41) is 0.974. The fourth-order valence-electron chi connectivity index (χ4n) is 0.964. The number of halogens is 7. The predicted octanol–water partition coefficient (Wildman–Crippen LogP) is 3.62. The van der Waals surface area contributed by atoms with E-state index in [9.17, 15) is 31.1 Å². The van der Waals surface area contributed by atoms with Gasteiger partial charge in [-0.3, -0.25) is 4.79 Å².